The Kier molecular flexibility index (Phi) is 6.04. The van der Waals surface area contributed by atoms with Gasteiger partial charge in [0, 0.05) is 25.0 Å². The molecule has 1 aliphatic heterocycles. The number of nitrogens with two attached hydrogens (primary N) is 1. The number of ether oxygens (including phenoxy) is 1. The lowest BCUT2D eigenvalue weighted by Crippen LogP contribution is -2.45. The average Bonchev–Trinajstić information content (AvgIpc) is 3.06. The smallest absolute Gasteiger partial charge is 0.407 e. The van der Waals surface area contributed by atoms with Crippen LogP contribution in [0.1, 0.15) is 32.1 Å². The molecule has 1 saturated carbocycles. The molecular formula is C16H23ClN6O4. The van der Waals surface area contributed by atoms with Crippen LogP contribution in [0.4, 0.5) is 15.3 Å². The fourth-order valence-corrected chi connectivity index (χ4v) is 3.78. The average molecular weight is 399 g/mol. The minimum Gasteiger partial charge on any atom is -0.444 e. The largest absolute Gasteiger partial charge is 0.444 e. The van der Waals surface area contributed by atoms with Gasteiger partial charge in [-0.1, -0.05) is 11.6 Å². The van der Waals surface area contributed by atoms with Crippen molar-refractivity contribution in [1.29, 1.82) is 0 Å². The molecule has 0 unspecified atom stereocenters. The third-order valence-electron chi connectivity index (χ3n) is 4.93. The molecule has 0 aromatic carbocycles. The molecule has 1 aromatic heterocycles. The van der Waals surface area contributed by atoms with Crippen molar-refractivity contribution < 1.29 is 14.3 Å². The maximum atomic E-state index is 12.2. The molecule has 0 spiro atoms. The first-order valence-electron chi connectivity index (χ1n) is 8.93. The van der Waals surface area contributed by atoms with Crippen molar-refractivity contribution in [2.75, 3.05) is 18.0 Å². The lowest BCUT2D eigenvalue weighted by atomic mass is 9.91. The van der Waals surface area contributed by atoms with E-state index in [0.717, 1.165) is 25.7 Å². The molecule has 1 aromatic rings. The lowest BCUT2D eigenvalue weighted by Gasteiger charge is -2.29. The summed E-state index contributed by atoms with van der Waals surface area (Å²) in [5.74, 6) is 0. The summed E-state index contributed by atoms with van der Waals surface area (Å²) in [5, 5.41) is 11.7. The number of carbonyl (C=O) groups is 2. The molecule has 2 heterocycles. The summed E-state index contributed by atoms with van der Waals surface area (Å²) in [7, 11) is 0. The Morgan fingerprint density at radius 1 is 1.22 bits per heavy atom. The summed E-state index contributed by atoms with van der Waals surface area (Å²) in [6.07, 6.45) is 4.43. The Morgan fingerprint density at radius 3 is 2.56 bits per heavy atom. The zero-order valence-corrected chi connectivity index (χ0v) is 15.5. The molecule has 2 aliphatic rings. The Balaban J connectivity index is 1.44. The van der Waals surface area contributed by atoms with Gasteiger partial charge < -0.3 is 26.0 Å². The van der Waals surface area contributed by atoms with Gasteiger partial charge in [-0.15, -0.1) is 0 Å². The van der Waals surface area contributed by atoms with E-state index in [2.05, 4.69) is 20.8 Å². The van der Waals surface area contributed by atoms with Crippen molar-refractivity contribution in [3.05, 3.63) is 21.6 Å². The van der Waals surface area contributed by atoms with Gasteiger partial charge in [0.25, 0.3) is 5.56 Å². The van der Waals surface area contributed by atoms with Gasteiger partial charge in [0.05, 0.1) is 18.4 Å². The van der Waals surface area contributed by atoms with Crippen LogP contribution in [0.15, 0.2) is 11.0 Å². The minimum absolute atomic E-state index is 0.0206. The molecule has 0 radical (unpaired) electrons. The lowest BCUT2D eigenvalue weighted by molar-refractivity contribution is 0.102. The molecule has 5 N–H and O–H groups in total. The topological polar surface area (TPSA) is 142 Å². The molecule has 148 valence electrons. The maximum absolute atomic E-state index is 12.2. The first-order valence-corrected chi connectivity index (χ1v) is 9.31. The highest BCUT2D eigenvalue weighted by molar-refractivity contribution is 6.33. The van der Waals surface area contributed by atoms with Crippen molar-refractivity contribution in [3.8, 4) is 0 Å². The van der Waals surface area contributed by atoms with Crippen LogP contribution in [0.25, 0.3) is 0 Å². The number of amides is 3. The first kappa shape index (κ1) is 19.3. The van der Waals surface area contributed by atoms with Gasteiger partial charge in [-0.05, 0) is 25.7 Å². The standard InChI is InChI=1S/C16H23ClN6O4/c17-13-12(7-19-22-14(13)24)23-6-5-11(8-23)27-16(26)21-10-3-1-9(2-4-10)20-15(18)25/h7,9-11H,1-6,8H2,(H,21,26)(H,22,24)(H3,18,20,25)/t9-,10-,11-/m1/s1. The normalized spacial score (nSPS) is 25.1. The number of urea groups is 1. The number of rotatable bonds is 4. The fraction of sp³-hybridized carbons (Fsp3) is 0.625. The predicted molar refractivity (Wildman–Crippen MR) is 98.9 cm³/mol. The molecule has 11 heteroatoms. The van der Waals surface area contributed by atoms with Gasteiger partial charge >= 0.3 is 12.1 Å². The maximum Gasteiger partial charge on any atom is 0.407 e. The van der Waals surface area contributed by atoms with Crippen LogP contribution >= 0.6 is 11.6 Å². The van der Waals surface area contributed by atoms with Crippen LogP contribution < -0.4 is 26.8 Å². The number of anilines is 1. The van der Waals surface area contributed by atoms with E-state index in [1.54, 1.807) is 0 Å². The molecule has 1 aliphatic carbocycles. The van der Waals surface area contributed by atoms with E-state index >= 15 is 0 Å². The van der Waals surface area contributed by atoms with E-state index in [1.165, 1.54) is 6.20 Å². The number of halogens is 1. The quantitative estimate of drug-likeness (QED) is 0.588. The Bertz CT molecular complexity index is 749. The van der Waals surface area contributed by atoms with E-state index in [1.807, 2.05) is 4.90 Å². The van der Waals surface area contributed by atoms with Gasteiger partial charge in [0.15, 0.2) is 0 Å². The number of carbonyl (C=O) groups excluding carboxylic acids is 2. The number of hydrogen-bond donors (Lipinski definition) is 4. The van der Waals surface area contributed by atoms with E-state index < -0.39 is 17.7 Å². The molecule has 27 heavy (non-hydrogen) atoms. The predicted octanol–water partition coefficient (Wildman–Crippen LogP) is 0.708. The summed E-state index contributed by atoms with van der Waals surface area (Å²) < 4.78 is 5.50. The highest BCUT2D eigenvalue weighted by Gasteiger charge is 2.29. The number of aromatic amines is 1. The number of alkyl carbamates (subject to hydrolysis) is 1. The van der Waals surface area contributed by atoms with Crippen LogP contribution in [-0.2, 0) is 4.74 Å². The molecule has 0 bridgehead atoms. The highest BCUT2D eigenvalue weighted by Crippen LogP contribution is 2.26. The van der Waals surface area contributed by atoms with Crippen LogP contribution in [0.5, 0.6) is 0 Å². The fourth-order valence-electron chi connectivity index (χ4n) is 3.57. The zero-order valence-electron chi connectivity index (χ0n) is 14.7. The van der Waals surface area contributed by atoms with Crippen molar-refractivity contribution in [3.63, 3.8) is 0 Å². The third kappa shape index (κ3) is 5.03. The van der Waals surface area contributed by atoms with Gasteiger partial charge in [-0.3, -0.25) is 4.79 Å². The van der Waals surface area contributed by atoms with Crippen molar-refractivity contribution in [2.24, 2.45) is 5.73 Å². The minimum atomic E-state index is -0.521. The van der Waals surface area contributed by atoms with Crippen molar-refractivity contribution in [2.45, 2.75) is 50.3 Å². The van der Waals surface area contributed by atoms with Crippen LogP contribution in [0, 0.1) is 0 Å². The van der Waals surface area contributed by atoms with Gasteiger partial charge in [0.1, 0.15) is 11.1 Å². The second kappa shape index (κ2) is 8.47. The van der Waals surface area contributed by atoms with E-state index in [9.17, 15) is 14.4 Å². The summed E-state index contributed by atoms with van der Waals surface area (Å²) in [4.78, 5) is 36.5. The summed E-state index contributed by atoms with van der Waals surface area (Å²) >= 11 is 6.02. The Morgan fingerprint density at radius 2 is 1.89 bits per heavy atom. The highest BCUT2D eigenvalue weighted by atomic mass is 35.5. The van der Waals surface area contributed by atoms with E-state index in [4.69, 9.17) is 22.1 Å². The molecule has 3 amide bonds. The van der Waals surface area contributed by atoms with Crippen molar-refractivity contribution >= 4 is 29.4 Å². The monoisotopic (exact) mass is 398 g/mol. The molecule has 2 fully saturated rings. The molecule has 3 rings (SSSR count). The van der Waals surface area contributed by atoms with E-state index in [0.29, 0.717) is 25.2 Å². The SMILES string of the molecule is NC(=O)N[C@H]1CC[C@H](NC(=O)O[C@@H]2CCN(c3cn[nH]c(=O)c3Cl)C2)CC1. The molecule has 1 saturated heterocycles. The second-order valence-electron chi connectivity index (χ2n) is 6.86. The molecule has 10 nitrogen and oxygen atoms in total. The Hall–Kier alpha value is -2.49. The van der Waals surface area contributed by atoms with Crippen LogP contribution in [0.3, 0.4) is 0 Å². The Labute approximate surface area is 160 Å². The second-order valence-corrected chi connectivity index (χ2v) is 7.24. The van der Waals surface area contributed by atoms with Crippen LogP contribution in [0.2, 0.25) is 5.02 Å². The van der Waals surface area contributed by atoms with Gasteiger partial charge in [0.2, 0.25) is 0 Å². The summed E-state index contributed by atoms with van der Waals surface area (Å²) in [6.45, 7) is 1.07. The van der Waals surface area contributed by atoms with Crippen LogP contribution in [-0.4, -0.2) is 53.6 Å². The van der Waals surface area contributed by atoms with Gasteiger partial charge in [-0.25, -0.2) is 14.7 Å². The number of aromatic nitrogens is 2. The molecular weight excluding hydrogens is 376 g/mol. The van der Waals surface area contributed by atoms with Crippen molar-refractivity contribution in [1.82, 2.24) is 20.8 Å². The zero-order chi connectivity index (χ0) is 19.4. The number of nitrogens with zero attached hydrogens (tertiary/aromatic N) is 2. The first-order chi connectivity index (χ1) is 12.9. The summed E-state index contributed by atoms with van der Waals surface area (Å²) in [5.41, 5.74) is 5.21. The number of nitrogens with one attached hydrogen (secondary N) is 3. The number of primary amides is 1. The summed E-state index contributed by atoms with van der Waals surface area (Å²) in [6, 6.07) is -0.438. The molecule has 1 atom stereocenters. The number of H-pyrrole nitrogens is 1. The number of hydrogen-bond acceptors (Lipinski definition) is 6. The van der Waals surface area contributed by atoms with Gasteiger partial charge in [-0.2, -0.15) is 5.10 Å². The third-order valence-corrected chi connectivity index (χ3v) is 5.30. The van der Waals surface area contributed by atoms with E-state index in [-0.39, 0.29) is 23.2 Å².